The second kappa shape index (κ2) is 4.57. The van der Waals surface area contributed by atoms with Crippen molar-refractivity contribution in [3.63, 3.8) is 0 Å². The standard InChI is InChI=1S/C13H19N5/c1-3-16(4-2)12-7-17(8-12)11-5-6-13-14-10-15-18(13)9-11/h5-6,9-10,12H,3-4,7-8H2,1-2H3. The van der Waals surface area contributed by atoms with E-state index < -0.39 is 0 Å². The van der Waals surface area contributed by atoms with Crippen molar-refractivity contribution in [3.8, 4) is 0 Å². The van der Waals surface area contributed by atoms with Crippen LogP contribution in [0.1, 0.15) is 13.8 Å². The van der Waals surface area contributed by atoms with Gasteiger partial charge in [0.15, 0.2) is 5.65 Å². The molecule has 1 fully saturated rings. The average Bonchev–Trinajstić information content (AvgIpc) is 2.80. The Morgan fingerprint density at radius 3 is 2.78 bits per heavy atom. The first kappa shape index (κ1) is 11.5. The normalized spacial score (nSPS) is 16.5. The van der Waals surface area contributed by atoms with Crippen molar-refractivity contribution in [1.29, 1.82) is 0 Å². The zero-order chi connectivity index (χ0) is 12.5. The molecule has 0 aliphatic carbocycles. The predicted octanol–water partition coefficient (Wildman–Crippen LogP) is 1.26. The zero-order valence-electron chi connectivity index (χ0n) is 11.0. The van der Waals surface area contributed by atoms with Gasteiger partial charge in [-0.3, -0.25) is 4.90 Å². The molecule has 0 atom stereocenters. The van der Waals surface area contributed by atoms with E-state index in [2.05, 4.69) is 46.0 Å². The number of pyridine rings is 1. The van der Waals surface area contributed by atoms with Gasteiger partial charge in [-0.25, -0.2) is 9.50 Å². The van der Waals surface area contributed by atoms with Crippen molar-refractivity contribution in [2.45, 2.75) is 19.9 Å². The second-order valence-electron chi connectivity index (χ2n) is 4.73. The topological polar surface area (TPSA) is 36.7 Å². The number of nitrogens with zero attached hydrogens (tertiary/aromatic N) is 5. The Morgan fingerprint density at radius 2 is 2.06 bits per heavy atom. The van der Waals surface area contributed by atoms with Crippen LogP contribution in [-0.4, -0.2) is 51.7 Å². The van der Waals surface area contributed by atoms with Crippen LogP contribution in [-0.2, 0) is 0 Å². The highest BCUT2D eigenvalue weighted by atomic mass is 15.3. The van der Waals surface area contributed by atoms with Crippen molar-refractivity contribution in [1.82, 2.24) is 19.5 Å². The molecular formula is C13H19N5. The molecule has 1 saturated heterocycles. The quantitative estimate of drug-likeness (QED) is 0.812. The third-order valence-electron chi connectivity index (χ3n) is 3.81. The fraction of sp³-hybridized carbons (Fsp3) is 0.538. The van der Waals surface area contributed by atoms with Crippen LogP contribution in [0.4, 0.5) is 5.69 Å². The van der Waals surface area contributed by atoms with E-state index in [0.29, 0.717) is 6.04 Å². The molecule has 3 rings (SSSR count). The number of rotatable bonds is 4. The van der Waals surface area contributed by atoms with Crippen LogP contribution in [0.5, 0.6) is 0 Å². The molecule has 96 valence electrons. The van der Waals surface area contributed by atoms with E-state index in [0.717, 1.165) is 31.8 Å². The molecule has 0 radical (unpaired) electrons. The Kier molecular flexibility index (Phi) is 2.91. The first-order valence-corrected chi connectivity index (χ1v) is 6.60. The highest BCUT2D eigenvalue weighted by Crippen LogP contribution is 2.23. The summed E-state index contributed by atoms with van der Waals surface area (Å²) in [5.74, 6) is 0. The fourth-order valence-corrected chi connectivity index (χ4v) is 2.63. The third-order valence-corrected chi connectivity index (χ3v) is 3.81. The van der Waals surface area contributed by atoms with E-state index in [1.165, 1.54) is 5.69 Å². The first-order valence-electron chi connectivity index (χ1n) is 6.60. The van der Waals surface area contributed by atoms with Gasteiger partial charge in [0.25, 0.3) is 0 Å². The maximum absolute atomic E-state index is 4.18. The number of anilines is 1. The minimum absolute atomic E-state index is 0.700. The molecule has 1 aliphatic heterocycles. The molecule has 1 aliphatic rings. The van der Waals surface area contributed by atoms with Gasteiger partial charge < -0.3 is 4.90 Å². The number of aromatic nitrogens is 3. The van der Waals surface area contributed by atoms with Crippen LogP contribution in [0.2, 0.25) is 0 Å². The molecule has 0 bridgehead atoms. The first-order chi connectivity index (χ1) is 8.81. The molecule has 18 heavy (non-hydrogen) atoms. The summed E-state index contributed by atoms with van der Waals surface area (Å²) in [6, 6.07) is 4.85. The maximum Gasteiger partial charge on any atom is 0.155 e. The summed E-state index contributed by atoms with van der Waals surface area (Å²) in [6.45, 7) is 8.96. The summed E-state index contributed by atoms with van der Waals surface area (Å²) in [4.78, 5) is 9.07. The highest BCUT2D eigenvalue weighted by molar-refractivity contribution is 5.53. The minimum Gasteiger partial charge on any atom is -0.367 e. The number of hydrogen-bond acceptors (Lipinski definition) is 4. The summed E-state index contributed by atoms with van der Waals surface area (Å²) < 4.78 is 1.83. The highest BCUT2D eigenvalue weighted by Gasteiger charge is 2.30. The molecule has 0 N–H and O–H groups in total. The van der Waals surface area contributed by atoms with E-state index in [4.69, 9.17) is 0 Å². The molecule has 5 nitrogen and oxygen atoms in total. The molecule has 0 aromatic carbocycles. The number of likely N-dealkylation sites (N-methyl/N-ethyl adjacent to an activating group) is 1. The average molecular weight is 245 g/mol. The lowest BCUT2D eigenvalue weighted by atomic mass is 10.1. The Hall–Kier alpha value is -1.62. The van der Waals surface area contributed by atoms with Crippen molar-refractivity contribution < 1.29 is 0 Å². The molecule has 0 unspecified atom stereocenters. The molecule has 0 saturated carbocycles. The van der Waals surface area contributed by atoms with E-state index in [-0.39, 0.29) is 0 Å². The molecule has 0 amide bonds. The van der Waals surface area contributed by atoms with Gasteiger partial charge in [-0.2, -0.15) is 5.10 Å². The molecule has 0 spiro atoms. The Labute approximate surface area is 107 Å². The smallest absolute Gasteiger partial charge is 0.155 e. The van der Waals surface area contributed by atoms with Crippen LogP contribution < -0.4 is 4.90 Å². The predicted molar refractivity (Wildman–Crippen MR) is 71.9 cm³/mol. The van der Waals surface area contributed by atoms with Gasteiger partial charge in [-0.15, -0.1) is 0 Å². The summed E-state index contributed by atoms with van der Waals surface area (Å²) in [6.07, 6.45) is 3.65. The third kappa shape index (κ3) is 1.84. The van der Waals surface area contributed by atoms with E-state index in [1.807, 2.05) is 10.6 Å². The lowest BCUT2D eigenvalue weighted by molar-refractivity contribution is 0.183. The number of fused-ring (bicyclic) bond motifs is 1. The van der Waals surface area contributed by atoms with Crippen molar-refractivity contribution in [3.05, 3.63) is 24.7 Å². The van der Waals surface area contributed by atoms with Crippen LogP contribution in [0.3, 0.4) is 0 Å². The van der Waals surface area contributed by atoms with Gasteiger partial charge >= 0.3 is 0 Å². The fourth-order valence-electron chi connectivity index (χ4n) is 2.63. The molecule has 2 aromatic heterocycles. The molecular weight excluding hydrogens is 226 g/mol. The molecule has 5 heteroatoms. The monoisotopic (exact) mass is 245 g/mol. The van der Waals surface area contributed by atoms with E-state index in [1.54, 1.807) is 6.33 Å². The Morgan fingerprint density at radius 1 is 1.28 bits per heavy atom. The lowest BCUT2D eigenvalue weighted by Crippen LogP contribution is -2.59. The van der Waals surface area contributed by atoms with Crippen LogP contribution in [0.25, 0.3) is 5.65 Å². The van der Waals surface area contributed by atoms with Crippen molar-refractivity contribution in [2.24, 2.45) is 0 Å². The van der Waals surface area contributed by atoms with Crippen LogP contribution in [0.15, 0.2) is 24.7 Å². The lowest BCUT2D eigenvalue weighted by Gasteiger charge is -2.46. The van der Waals surface area contributed by atoms with E-state index >= 15 is 0 Å². The van der Waals surface area contributed by atoms with Gasteiger partial charge in [0.05, 0.1) is 11.9 Å². The summed E-state index contributed by atoms with van der Waals surface area (Å²) in [7, 11) is 0. The maximum atomic E-state index is 4.18. The van der Waals surface area contributed by atoms with Gasteiger partial charge in [0.1, 0.15) is 6.33 Å². The Bertz CT molecular complexity index is 525. The number of hydrogen-bond donors (Lipinski definition) is 0. The SMILES string of the molecule is CCN(CC)C1CN(c2ccc3ncnn3c2)C1. The van der Waals surface area contributed by atoms with Crippen LogP contribution in [0, 0.1) is 0 Å². The Balaban J connectivity index is 1.70. The minimum atomic E-state index is 0.700. The summed E-state index contributed by atoms with van der Waals surface area (Å²) in [5.41, 5.74) is 2.14. The van der Waals surface area contributed by atoms with Crippen molar-refractivity contribution in [2.75, 3.05) is 31.1 Å². The molecule has 3 heterocycles. The van der Waals surface area contributed by atoms with Crippen LogP contribution >= 0.6 is 0 Å². The summed E-state index contributed by atoms with van der Waals surface area (Å²) in [5, 5.41) is 4.18. The largest absolute Gasteiger partial charge is 0.367 e. The van der Waals surface area contributed by atoms with E-state index in [9.17, 15) is 0 Å². The molecule has 2 aromatic rings. The summed E-state index contributed by atoms with van der Waals surface area (Å²) >= 11 is 0. The van der Waals surface area contributed by atoms with Crippen molar-refractivity contribution >= 4 is 11.3 Å². The van der Waals surface area contributed by atoms with Gasteiger partial charge in [0, 0.05) is 19.1 Å². The second-order valence-corrected chi connectivity index (χ2v) is 4.73. The van der Waals surface area contributed by atoms with Gasteiger partial charge in [0.2, 0.25) is 0 Å². The van der Waals surface area contributed by atoms with Gasteiger partial charge in [-0.05, 0) is 25.2 Å². The van der Waals surface area contributed by atoms with Gasteiger partial charge in [-0.1, -0.05) is 13.8 Å². The zero-order valence-corrected chi connectivity index (χ0v) is 11.0.